The molecule has 0 aromatic heterocycles. The molecule has 7 nitrogen and oxygen atoms in total. The van der Waals surface area contributed by atoms with Crippen LogP contribution >= 0.6 is 0 Å². The molecule has 132 valence electrons. The van der Waals surface area contributed by atoms with Gasteiger partial charge in [-0.3, -0.25) is 0 Å². The van der Waals surface area contributed by atoms with Crippen LogP contribution in [-0.4, -0.2) is 72.2 Å². The molecule has 0 aliphatic carbocycles. The third kappa shape index (κ3) is 17.2. The zero-order valence-electron chi connectivity index (χ0n) is 13.8. The fraction of sp³-hybridized carbons (Fsp3) is 0.933. The molecule has 0 spiro atoms. The van der Waals surface area contributed by atoms with Gasteiger partial charge in [0.05, 0.1) is 52.9 Å². The van der Waals surface area contributed by atoms with E-state index in [1.165, 1.54) is 0 Å². The lowest BCUT2D eigenvalue weighted by Gasteiger charge is -2.08. The first-order chi connectivity index (χ1) is 10.8. The Morgan fingerprint density at radius 2 is 1.09 bits per heavy atom. The SMILES string of the molecule is CCCCOC(=O)OCCOCCOCCOCCOCC. The van der Waals surface area contributed by atoms with Gasteiger partial charge in [0, 0.05) is 6.61 Å². The molecule has 0 aliphatic rings. The van der Waals surface area contributed by atoms with Gasteiger partial charge >= 0.3 is 6.16 Å². The molecule has 0 N–H and O–H groups in total. The summed E-state index contributed by atoms with van der Waals surface area (Å²) in [4.78, 5) is 11.1. The largest absolute Gasteiger partial charge is 0.508 e. The van der Waals surface area contributed by atoms with Crippen molar-refractivity contribution in [2.45, 2.75) is 26.7 Å². The van der Waals surface area contributed by atoms with Gasteiger partial charge < -0.3 is 28.4 Å². The van der Waals surface area contributed by atoms with Gasteiger partial charge in [-0.15, -0.1) is 0 Å². The molecule has 0 fully saturated rings. The van der Waals surface area contributed by atoms with Crippen molar-refractivity contribution in [2.24, 2.45) is 0 Å². The molecule has 0 saturated heterocycles. The van der Waals surface area contributed by atoms with E-state index in [-0.39, 0.29) is 6.61 Å². The fourth-order valence-electron chi connectivity index (χ4n) is 1.33. The second-order valence-corrected chi connectivity index (χ2v) is 4.33. The Hall–Kier alpha value is -0.890. The molecule has 0 saturated carbocycles. The molecule has 0 rings (SSSR count). The Morgan fingerprint density at radius 3 is 1.59 bits per heavy atom. The molecular weight excluding hydrogens is 292 g/mol. The highest BCUT2D eigenvalue weighted by molar-refractivity contribution is 5.59. The monoisotopic (exact) mass is 322 g/mol. The van der Waals surface area contributed by atoms with E-state index in [2.05, 4.69) is 0 Å². The summed E-state index contributed by atoms with van der Waals surface area (Å²) in [7, 11) is 0. The van der Waals surface area contributed by atoms with Gasteiger partial charge in [-0.2, -0.15) is 0 Å². The van der Waals surface area contributed by atoms with E-state index < -0.39 is 6.16 Å². The highest BCUT2D eigenvalue weighted by atomic mass is 16.7. The maximum absolute atomic E-state index is 11.1. The van der Waals surface area contributed by atoms with E-state index >= 15 is 0 Å². The number of unbranched alkanes of at least 4 members (excludes halogenated alkanes) is 1. The van der Waals surface area contributed by atoms with Gasteiger partial charge in [-0.25, -0.2) is 4.79 Å². The van der Waals surface area contributed by atoms with Crippen LogP contribution in [0, 0.1) is 0 Å². The Kier molecular flexibility index (Phi) is 17.4. The molecule has 22 heavy (non-hydrogen) atoms. The number of hydrogen-bond donors (Lipinski definition) is 0. The molecule has 0 bridgehead atoms. The fourth-order valence-corrected chi connectivity index (χ4v) is 1.33. The summed E-state index contributed by atoms with van der Waals surface area (Å²) in [6, 6.07) is 0. The van der Waals surface area contributed by atoms with Crippen LogP contribution in [-0.2, 0) is 28.4 Å². The molecule has 0 heterocycles. The molecule has 0 unspecified atom stereocenters. The standard InChI is InChI=1S/C15H30O7/c1-3-5-6-21-15(16)22-14-13-20-12-11-19-10-9-18-8-7-17-4-2/h3-14H2,1-2H3. The Labute approximate surface area is 133 Å². The first kappa shape index (κ1) is 21.1. The predicted octanol–water partition coefficient (Wildman–Crippen LogP) is 2.03. The molecule has 0 atom stereocenters. The van der Waals surface area contributed by atoms with Gasteiger partial charge in [0.25, 0.3) is 0 Å². The van der Waals surface area contributed by atoms with Gasteiger partial charge in [0.15, 0.2) is 0 Å². The van der Waals surface area contributed by atoms with E-state index in [4.69, 9.17) is 28.4 Å². The van der Waals surface area contributed by atoms with Crippen molar-refractivity contribution >= 4 is 6.16 Å². The number of carbonyl (C=O) groups is 1. The highest BCUT2D eigenvalue weighted by Gasteiger charge is 2.02. The topological polar surface area (TPSA) is 72.5 Å². The number of carbonyl (C=O) groups excluding carboxylic acids is 1. The smallest absolute Gasteiger partial charge is 0.434 e. The maximum Gasteiger partial charge on any atom is 0.508 e. The van der Waals surface area contributed by atoms with Crippen LogP contribution in [0.1, 0.15) is 26.7 Å². The van der Waals surface area contributed by atoms with Gasteiger partial charge in [0.1, 0.15) is 6.61 Å². The first-order valence-electron chi connectivity index (χ1n) is 7.91. The van der Waals surface area contributed by atoms with Crippen molar-refractivity contribution in [3.8, 4) is 0 Å². The summed E-state index contributed by atoms with van der Waals surface area (Å²) in [5.41, 5.74) is 0. The second-order valence-electron chi connectivity index (χ2n) is 4.33. The minimum atomic E-state index is -0.641. The van der Waals surface area contributed by atoms with Gasteiger partial charge in [-0.1, -0.05) is 13.3 Å². The van der Waals surface area contributed by atoms with Crippen LogP contribution in [0.25, 0.3) is 0 Å². The molecule has 0 amide bonds. The second kappa shape index (κ2) is 18.2. The summed E-state index contributed by atoms with van der Waals surface area (Å²) < 4.78 is 30.6. The lowest BCUT2D eigenvalue weighted by atomic mass is 10.4. The summed E-state index contributed by atoms with van der Waals surface area (Å²) in [6.45, 7) is 8.79. The van der Waals surface area contributed by atoms with Crippen LogP contribution < -0.4 is 0 Å². The zero-order valence-corrected chi connectivity index (χ0v) is 13.8. The Balaban J connectivity index is 3.06. The van der Waals surface area contributed by atoms with Crippen LogP contribution in [0.2, 0.25) is 0 Å². The molecule has 0 radical (unpaired) electrons. The first-order valence-corrected chi connectivity index (χ1v) is 7.91. The number of hydrogen-bond acceptors (Lipinski definition) is 7. The van der Waals surface area contributed by atoms with Gasteiger partial charge in [-0.05, 0) is 13.3 Å². The van der Waals surface area contributed by atoms with E-state index in [1.807, 2.05) is 13.8 Å². The van der Waals surface area contributed by atoms with Crippen LogP contribution in [0.3, 0.4) is 0 Å². The van der Waals surface area contributed by atoms with Crippen LogP contribution in [0.15, 0.2) is 0 Å². The summed E-state index contributed by atoms with van der Waals surface area (Å²) >= 11 is 0. The van der Waals surface area contributed by atoms with E-state index in [1.54, 1.807) is 0 Å². The molecule has 0 aromatic carbocycles. The van der Waals surface area contributed by atoms with Gasteiger partial charge in [0.2, 0.25) is 0 Å². The lowest BCUT2D eigenvalue weighted by Crippen LogP contribution is -2.15. The van der Waals surface area contributed by atoms with Crippen molar-refractivity contribution in [3.05, 3.63) is 0 Å². The Bertz CT molecular complexity index is 236. The van der Waals surface area contributed by atoms with Crippen molar-refractivity contribution in [3.63, 3.8) is 0 Å². The number of ether oxygens (including phenoxy) is 6. The normalized spacial score (nSPS) is 10.6. The molecule has 0 aliphatic heterocycles. The minimum absolute atomic E-state index is 0.186. The maximum atomic E-state index is 11.1. The molecular formula is C15H30O7. The Morgan fingerprint density at radius 1 is 0.636 bits per heavy atom. The molecule has 0 aromatic rings. The summed E-state index contributed by atoms with van der Waals surface area (Å²) in [5.74, 6) is 0. The average Bonchev–Trinajstić information content (AvgIpc) is 2.52. The highest BCUT2D eigenvalue weighted by Crippen LogP contribution is 1.91. The number of rotatable bonds is 16. The molecule has 7 heteroatoms. The quantitative estimate of drug-likeness (QED) is 0.318. The minimum Gasteiger partial charge on any atom is -0.434 e. The van der Waals surface area contributed by atoms with Crippen molar-refractivity contribution in [1.29, 1.82) is 0 Å². The lowest BCUT2D eigenvalue weighted by molar-refractivity contribution is -0.0106. The van der Waals surface area contributed by atoms with Crippen LogP contribution in [0.4, 0.5) is 4.79 Å². The third-order valence-electron chi connectivity index (χ3n) is 2.49. The van der Waals surface area contributed by atoms with Crippen LogP contribution in [0.5, 0.6) is 0 Å². The predicted molar refractivity (Wildman–Crippen MR) is 81.2 cm³/mol. The van der Waals surface area contributed by atoms with Crippen molar-refractivity contribution in [2.75, 3.05) is 66.1 Å². The summed E-state index contributed by atoms with van der Waals surface area (Å²) in [5, 5.41) is 0. The van der Waals surface area contributed by atoms with Crippen molar-refractivity contribution in [1.82, 2.24) is 0 Å². The van der Waals surface area contributed by atoms with Crippen molar-refractivity contribution < 1.29 is 33.2 Å². The summed E-state index contributed by atoms with van der Waals surface area (Å²) in [6.07, 6.45) is 1.18. The average molecular weight is 322 g/mol. The zero-order chi connectivity index (χ0) is 16.3. The van der Waals surface area contributed by atoms with E-state index in [0.717, 1.165) is 12.8 Å². The van der Waals surface area contributed by atoms with E-state index in [0.29, 0.717) is 59.5 Å². The van der Waals surface area contributed by atoms with E-state index in [9.17, 15) is 4.79 Å². The third-order valence-corrected chi connectivity index (χ3v) is 2.49.